The molecule has 0 amide bonds. The number of methoxy groups -OCH3 is 1. The molecule has 3 nitrogen and oxygen atoms in total. The quantitative estimate of drug-likeness (QED) is 0.745. The van der Waals surface area contributed by atoms with E-state index in [9.17, 15) is 0 Å². The van der Waals surface area contributed by atoms with E-state index in [2.05, 4.69) is 11.8 Å². The normalized spacial score (nSPS) is 24.5. The van der Waals surface area contributed by atoms with Crippen molar-refractivity contribution in [1.82, 2.24) is 4.90 Å². The lowest BCUT2D eigenvalue weighted by atomic mass is 10.0. The zero-order valence-electron chi connectivity index (χ0n) is 11.7. The summed E-state index contributed by atoms with van der Waals surface area (Å²) in [6.45, 7) is 5.22. The Bertz CT molecular complexity index is 187. The molecule has 3 heteroatoms. The Morgan fingerprint density at radius 2 is 2.18 bits per heavy atom. The van der Waals surface area contributed by atoms with Crippen molar-refractivity contribution < 1.29 is 4.74 Å². The zero-order chi connectivity index (χ0) is 12.5. The Balaban J connectivity index is 2.58. The number of nitrogens with zero attached hydrogens (tertiary/aromatic N) is 1. The Kier molecular flexibility index (Phi) is 7.82. The second kappa shape index (κ2) is 8.90. The van der Waals surface area contributed by atoms with Gasteiger partial charge in [0.1, 0.15) is 0 Å². The molecule has 0 aromatic rings. The molecule has 0 aliphatic carbocycles. The molecular weight excluding hydrogens is 212 g/mol. The van der Waals surface area contributed by atoms with Gasteiger partial charge < -0.3 is 10.5 Å². The van der Waals surface area contributed by atoms with E-state index >= 15 is 0 Å². The van der Waals surface area contributed by atoms with Crippen molar-refractivity contribution in [3.05, 3.63) is 0 Å². The molecule has 0 aromatic heterocycles. The van der Waals surface area contributed by atoms with Gasteiger partial charge in [0.05, 0.1) is 6.61 Å². The monoisotopic (exact) mass is 242 g/mol. The molecule has 2 N–H and O–H groups in total. The average Bonchev–Trinajstić information content (AvgIpc) is 2.59. The minimum absolute atomic E-state index is 0.576. The maximum atomic E-state index is 5.64. The Labute approximate surface area is 107 Å². The van der Waals surface area contributed by atoms with E-state index in [4.69, 9.17) is 10.5 Å². The van der Waals surface area contributed by atoms with Crippen LogP contribution in [0, 0.1) is 0 Å². The number of rotatable bonds is 7. The van der Waals surface area contributed by atoms with Crippen LogP contribution in [0.3, 0.4) is 0 Å². The van der Waals surface area contributed by atoms with Crippen LogP contribution >= 0.6 is 0 Å². The van der Waals surface area contributed by atoms with E-state index in [1.165, 1.54) is 45.1 Å². The van der Waals surface area contributed by atoms with Crippen LogP contribution in [0.25, 0.3) is 0 Å². The fraction of sp³-hybridized carbons (Fsp3) is 1.00. The summed E-state index contributed by atoms with van der Waals surface area (Å²) >= 11 is 0. The van der Waals surface area contributed by atoms with Crippen molar-refractivity contribution in [2.45, 2.75) is 64.0 Å². The van der Waals surface area contributed by atoms with Gasteiger partial charge >= 0.3 is 0 Å². The molecule has 17 heavy (non-hydrogen) atoms. The fourth-order valence-corrected chi connectivity index (χ4v) is 3.01. The average molecular weight is 242 g/mol. The van der Waals surface area contributed by atoms with Crippen LogP contribution in [0.4, 0.5) is 0 Å². The molecule has 1 rings (SSSR count). The molecule has 2 unspecified atom stereocenters. The lowest BCUT2D eigenvalue weighted by Crippen LogP contribution is -2.45. The SMILES string of the molecule is CCC1CCCCCN1C(CCCN)COC. The molecule has 102 valence electrons. The largest absolute Gasteiger partial charge is 0.383 e. The maximum absolute atomic E-state index is 5.64. The van der Waals surface area contributed by atoms with Gasteiger partial charge in [-0.1, -0.05) is 19.8 Å². The van der Waals surface area contributed by atoms with Crippen LogP contribution in [0.15, 0.2) is 0 Å². The number of hydrogen-bond acceptors (Lipinski definition) is 3. The summed E-state index contributed by atoms with van der Waals surface area (Å²) in [4.78, 5) is 2.70. The van der Waals surface area contributed by atoms with Crippen molar-refractivity contribution >= 4 is 0 Å². The van der Waals surface area contributed by atoms with Gasteiger partial charge in [-0.2, -0.15) is 0 Å². The van der Waals surface area contributed by atoms with E-state index in [0.29, 0.717) is 6.04 Å². The van der Waals surface area contributed by atoms with Crippen molar-refractivity contribution in [2.24, 2.45) is 5.73 Å². The van der Waals surface area contributed by atoms with Crippen LogP contribution < -0.4 is 5.73 Å². The first-order chi connectivity index (χ1) is 8.33. The molecule has 1 saturated heterocycles. The van der Waals surface area contributed by atoms with Crippen LogP contribution in [0.5, 0.6) is 0 Å². The maximum Gasteiger partial charge on any atom is 0.0618 e. The molecular formula is C14H30N2O. The highest BCUT2D eigenvalue weighted by molar-refractivity contribution is 4.81. The van der Waals surface area contributed by atoms with E-state index < -0.39 is 0 Å². The van der Waals surface area contributed by atoms with Gasteiger partial charge in [0.2, 0.25) is 0 Å². The summed E-state index contributed by atoms with van der Waals surface area (Å²) in [5, 5.41) is 0. The molecule has 0 bridgehead atoms. The first kappa shape index (κ1) is 14.9. The first-order valence-corrected chi connectivity index (χ1v) is 7.28. The summed E-state index contributed by atoms with van der Waals surface area (Å²) in [5.41, 5.74) is 5.64. The van der Waals surface area contributed by atoms with Gasteiger partial charge in [0, 0.05) is 19.2 Å². The van der Waals surface area contributed by atoms with Gasteiger partial charge in [-0.25, -0.2) is 0 Å². The lowest BCUT2D eigenvalue weighted by Gasteiger charge is -2.36. The molecule has 1 heterocycles. The van der Waals surface area contributed by atoms with Gasteiger partial charge in [-0.15, -0.1) is 0 Å². The Morgan fingerprint density at radius 3 is 2.82 bits per heavy atom. The van der Waals surface area contributed by atoms with Gasteiger partial charge in [-0.05, 0) is 45.2 Å². The minimum Gasteiger partial charge on any atom is -0.383 e. The first-order valence-electron chi connectivity index (χ1n) is 7.28. The van der Waals surface area contributed by atoms with E-state index in [1.54, 1.807) is 0 Å². The summed E-state index contributed by atoms with van der Waals surface area (Å²) in [6.07, 6.45) is 9.05. The number of likely N-dealkylation sites (tertiary alicyclic amines) is 1. The fourth-order valence-electron chi connectivity index (χ4n) is 3.01. The molecule has 0 aromatic carbocycles. The molecule has 0 spiro atoms. The van der Waals surface area contributed by atoms with E-state index in [0.717, 1.165) is 25.6 Å². The van der Waals surface area contributed by atoms with Gasteiger partial charge in [0.25, 0.3) is 0 Å². The van der Waals surface area contributed by atoms with Crippen LogP contribution in [0.2, 0.25) is 0 Å². The molecule has 1 fully saturated rings. The number of hydrogen-bond donors (Lipinski definition) is 1. The molecule has 0 saturated carbocycles. The van der Waals surface area contributed by atoms with Crippen LogP contribution in [-0.2, 0) is 4.74 Å². The second-order valence-corrected chi connectivity index (χ2v) is 5.19. The van der Waals surface area contributed by atoms with Crippen LogP contribution in [0.1, 0.15) is 51.9 Å². The highest BCUT2D eigenvalue weighted by Crippen LogP contribution is 2.23. The van der Waals surface area contributed by atoms with E-state index in [-0.39, 0.29) is 0 Å². The molecule has 1 aliphatic heterocycles. The molecule has 0 radical (unpaired) electrons. The third-order valence-corrected chi connectivity index (χ3v) is 3.96. The second-order valence-electron chi connectivity index (χ2n) is 5.19. The minimum atomic E-state index is 0.576. The van der Waals surface area contributed by atoms with Crippen molar-refractivity contribution in [2.75, 3.05) is 26.8 Å². The van der Waals surface area contributed by atoms with Crippen molar-refractivity contribution in [3.8, 4) is 0 Å². The summed E-state index contributed by atoms with van der Waals surface area (Å²) in [7, 11) is 1.81. The Morgan fingerprint density at radius 1 is 1.35 bits per heavy atom. The predicted molar refractivity (Wildman–Crippen MR) is 73.2 cm³/mol. The van der Waals surface area contributed by atoms with Crippen molar-refractivity contribution in [3.63, 3.8) is 0 Å². The van der Waals surface area contributed by atoms with Crippen molar-refractivity contribution in [1.29, 1.82) is 0 Å². The molecule has 1 aliphatic rings. The summed E-state index contributed by atoms with van der Waals surface area (Å²) < 4.78 is 5.41. The number of nitrogens with two attached hydrogens (primary N) is 1. The third-order valence-electron chi connectivity index (χ3n) is 3.96. The topological polar surface area (TPSA) is 38.5 Å². The molecule has 2 atom stereocenters. The van der Waals surface area contributed by atoms with Gasteiger partial charge in [-0.3, -0.25) is 4.90 Å². The smallest absolute Gasteiger partial charge is 0.0618 e. The summed E-state index contributed by atoms with van der Waals surface area (Å²) in [5.74, 6) is 0. The number of ether oxygens (including phenoxy) is 1. The third kappa shape index (κ3) is 4.94. The van der Waals surface area contributed by atoms with E-state index in [1.807, 2.05) is 7.11 Å². The van der Waals surface area contributed by atoms with Crippen LogP contribution in [-0.4, -0.2) is 43.8 Å². The van der Waals surface area contributed by atoms with Gasteiger partial charge in [0.15, 0.2) is 0 Å². The zero-order valence-corrected chi connectivity index (χ0v) is 11.7. The standard InChI is InChI=1S/C14H30N2O/c1-3-13-8-5-4-6-11-16(13)14(12-17-2)9-7-10-15/h13-14H,3-12,15H2,1-2H3. The Hall–Kier alpha value is -0.120. The summed E-state index contributed by atoms with van der Waals surface area (Å²) in [6, 6.07) is 1.34. The highest BCUT2D eigenvalue weighted by atomic mass is 16.5. The highest BCUT2D eigenvalue weighted by Gasteiger charge is 2.26. The lowest BCUT2D eigenvalue weighted by molar-refractivity contribution is 0.0549. The predicted octanol–water partition coefficient (Wildman–Crippen LogP) is 2.39.